The molecule has 0 saturated carbocycles. The highest BCUT2D eigenvalue weighted by molar-refractivity contribution is 5.99. The Morgan fingerprint density at radius 1 is 1.16 bits per heavy atom. The van der Waals surface area contributed by atoms with Crippen molar-refractivity contribution in [2.45, 2.75) is 6.92 Å². The maximum atomic E-state index is 11.3. The van der Waals surface area contributed by atoms with Crippen LogP contribution in [-0.2, 0) is 0 Å². The summed E-state index contributed by atoms with van der Waals surface area (Å²) in [5, 5.41) is 3.21. The van der Waals surface area contributed by atoms with Crippen LogP contribution in [0.25, 0.3) is 0 Å². The molecule has 2 aromatic rings. The van der Waals surface area contributed by atoms with Crippen LogP contribution in [0.2, 0.25) is 0 Å². The molecule has 0 aliphatic heterocycles. The summed E-state index contributed by atoms with van der Waals surface area (Å²) in [4.78, 5) is 11.3. The molecule has 0 radical (unpaired) electrons. The van der Waals surface area contributed by atoms with Gasteiger partial charge in [0.25, 0.3) is 0 Å². The summed E-state index contributed by atoms with van der Waals surface area (Å²) >= 11 is 0. The van der Waals surface area contributed by atoms with Crippen LogP contribution in [0.5, 0.6) is 5.75 Å². The van der Waals surface area contributed by atoms with Crippen molar-refractivity contribution in [3.05, 3.63) is 48.0 Å². The van der Waals surface area contributed by atoms with Gasteiger partial charge in [-0.3, -0.25) is 4.79 Å². The lowest BCUT2D eigenvalue weighted by Crippen LogP contribution is -2.00. The van der Waals surface area contributed by atoms with E-state index < -0.39 is 0 Å². The van der Waals surface area contributed by atoms with Crippen LogP contribution in [0.3, 0.4) is 0 Å². The highest BCUT2D eigenvalue weighted by atomic mass is 16.5. The fourth-order valence-electron chi connectivity index (χ4n) is 1.83. The minimum absolute atomic E-state index is 0.0366. The van der Waals surface area contributed by atoms with E-state index in [1.54, 1.807) is 19.2 Å². The third kappa shape index (κ3) is 3.04. The van der Waals surface area contributed by atoms with Gasteiger partial charge < -0.3 is 15.8 Å². The van der Waals surface area contributed by atoms with Gasteiger partial charge in [-0.25, -0.2) is 0 Å². The van der Waals surface area contributed by atoms with E-state index in [-0.39, 0.29) is 5.78 Å². The zero-order valence-corrected chi connectivity index (χ0v) is 10.9. The number of benzene rings is 2. The van der Waals surface area contributed by atoms with E-state index in [4.69, 9.17) is 10.5 Å². The largest absolute Gasteiger partial charge is 0.497 e. The average Bonchev–Trinajstić information content (AvgIpc) is 2.38. The third-order valence-corrected chi connectivity index (χ3v) is 2.79. The van der Waals surface area contributed by atoms with Gasteiger partial charge in [0.1, 0.15) is 5.75 Å². The number of nitrogen functional groups attached to an aromatic ring is 1. The molecule has 0 atom stereocenters. The summed E-state index contributed by atoms with van der Waals surface area (Å²) in [5.41, 5.74) is 8.58. The van der Waals surface area contributed by atoms with Gasteiger partial charge >= 0.3 is 0 Å². The average molecular weight is 256 g/mol. The summed E-state index contributed by atoms with van der Waals surface area (Å²) in [7, 11) is 1.62. The second-order valence-electron chi connectivity index (χ2n) is 4.22. The normalized spacial score (nSPS) is 10.0. The van der Waals surface area contributed by atoms with Crippen molar-refractivity contribution in [1.82, 2.24) is 0 Å². The van der Waals surface area contributed by atoms with Crippen LogP contribution < -0.4 is 15.8 Å². The summed E-state index contributed by atoms with van der Waals surface area (Å²) < 4.78 is 5.16. The smallest absolute Gasteiger partial charge is 0.161 e. The Hall–Kier alpha value is -2.49. The van der Waals surface area contributed by atoms with Crippen molar-refractivity contribution in [1.29, 1.82) is 0 Å². The number of nitrogens with two attached hydrogens (primary N) is 1. The van der Waals surface area contributed by atoms with Gasteiger partial charge in [0.15, 0.2) is 5.78 Å². The van der Waals surface area contributed by atoms with Gasteiger partial charge in [0.05, 0.1) is 7.11 Å². The SMILES string of the molecule is COc1cccc(Nc2ccc(C(C)=O)c(N)c2)c1. The number of hydrogen-bond acceptors (Lipinski definition) is 4. The van der Waals surface area contributed by atoms with E-state index in [0.717, 1.165) is 17.1 Å². The number of hydrogen-bond donors (Lipinski definition) is 2. The van der Waals surface area contributed by atoms with Crippen molar-refractivity contribution in [2.75, 3.05) is 18.2 Å². The highest BCUT2D eigenvalue weighted by Gasteiger charge is 2.05. The molecule has 3 N–H and O–H groups in total. The van der Waals surface area contributed by atoms with Crippen LogP contribution in [0.1, 0.15) is 17.3 Å². The van der Waals surface area contributed by atoms with Crippen LogP contribution in [0.4, 0.5) is 17.1 Å². The van der Waals surface area contributed by atoms with E-state index in [1.165, 1.54) is 6.92 Å². The van der Waals surface area contributed by atoms with Crippen LogP contribution in [-0.4, -0.2) is 12.9 Å². The Labute approximate surface area is 112 Å². The number of Topliss-reactive ketones (excluding diaryl/α,β-unsaturated/α-hetero) is 1. The number of anilines is 3. The van der Waals surface area contributed by atoms with Crippen molar-refractivity contribution in [2.24, 2.45) is 0 Å². The fraction of sp³-hybridized carbons (Fsp3) is 0.133. The van der Waals surface area contributed by atoms with Crippen molar-refractivity contribution >= 4 is 22.8 Å². The lowest BCUT2D eigenvalue weighted by atomic mass is 10.1. The molecule has 0 amide bonds. The Morgan fingerprint density at radius 2 is 1.89 bits per heavy atom. The molecule has 0 aliphatic carbocycles. The summed E-state index contributed by atoms with van der Waals surface area (Å²) in [5.74, 6) is 0.740. The van der Waals surface area contributed by atoms with Crippen molar-refractivity contribution < 1.29 is 9.53 Å². The monoisotopic (exact) mass is 256 g/mol. The molecule has 2 rings (SSSR count). The van der Waals surface area contributed by atoms with Gasteiger partial charge in [0.2, 0.25) is 0 Å². The topological polar surface area (TPSA) is 64.3 Å². The Bertz CT molecular complexity index is 609. The van der Waals surface area contributed by atoms with E-state index in [9.17, 15) is 4.79 Å². The first-order valence-corrected chi connectivity index (χ1v) is 5.91. The molecule has 0 unspecified atom stereocenters. The second kappa shape index (κ2) is 5.44. The molecule has 4 heteroatoms. The van der Waals surface area contributed by atoms with Gasteiger partial charge in [-0.15, -0.1) is 0 Å². The molecular formula is C15H16N2O2. The standard InChI is InChI=1S/C15H16N2O2/c1-10(18)14-7-6-12(9-15(14)16)17-11-4-3-5-13(8-11)19-2/h3-9,17H,16H2,1-2H3. The molecule has 0 bridgehead atoms. The minimum Gasteiger partial charge on any atom is -0.497 e. The molecule has 19 heavy (non-hydrogen) atoms. The molecule has 98 valence electrons. The number of nitrogens with one attached hydrogen (secondary N) is 1. The van der Waals surface area contributed by atoms with E-state index >= 15 is 0 Å². The third-order valence-electron chi connectivity index (χ3n) is 2.79. The van der Waals surface area contributed by atoms with Crippen LogP contribution in [0, 0.1) is 0 Å². The Balaban J connectivity index is 2.23. The second-order valence-corrected chi connectivity index (χ2v) is 4.22. The van der Waals surface area contributed by atoms with Gasteiger partial charge in [-0.2, -0.15) is 0 Å². The number of ketones is 1. The molecule has 0 spiro atoms. The molecule has 4 nitrogen and oxygen atoms in total. The van der Waals surface area contributed by atoms with Crippen LogP contribution >= 0.6 is 0 Å². The first-order valence-electron chi connectivity index (χ1n) is 5.91. The number of methoxy groups -OCH3 is 1. The first-order chi connectivity index (χ1) is 9.10. The van der Waals surface area contributed by atoms with Gasteiger partial charge in [-0.05, 0) is 37.3 Å². The predicted octanol–water partition coefficient (Wildman–Crippen LogP) is 3.22. The molecule has 0 aromatic heterocycles. The van der Waals surface area contributed by atoms with Gasteiger partial charge in [-0.1, -0.05) is 6.07 Å². The van der Waals surface area contributed by atoms with E-state index in [0.29, 0.717) is 11.3 Å². The Morgan fingerprint density at radius 3 is 2.53 bits per heavy atom. The summed E-state index contributed by atoms with van der Waals surface area (Å²) in [6.07, 6.45) is 0. The zero-order chi connectivity index (χ0) is 13.8. The number of ether oxygens (including phenoxy) is 1. The van der Waals surface area contributed by atoms with Crippen molar-refractivity contribution in [3.63, 3.8) is 0 Å². The number of carbonyl (C=O) groups excluding carboxylic acids is 1. The minimum atomic E-state index is -0.0366. The molecule has 2 aromatic carbocycles. The lowest BCUT2D eigenvalue weighted by molar-refractivity contribution is 0.101. The number of carbonyl (C=O) groups is 1. The molecule has 0 fully saturated rings. The molecule has 0 aliphatic rings. The van der Waals surface area contributed by atoms with E-state index in [1.807, 2.05) is 30.3 Å². The summed E-state index contributed by atoms with van der Waals surface area (Å²) in [6.45, 7) is 1.50. The maximum absolute atomic E-state index is 11.3. The molecule has 0 saturated heterocycles. The van der Waals surface area contributed by atoms with Crippen LogP contribution in [0.15, 0.2) is 42.5 Å². The Kier molecular flexibility index (Phi) is 3.71. The predicted molar refractivity (Wildman–Crippen MR) is 77.1 cm³/mol. The van der Waals surface area contributed by atoms with Gasteiger partial charge in [0, 0.05) is 28.7 Å². The quantitative estimate of drug-likeness (QED) is 0.651. The summed E-state index contributed by atoms with van der Waals surface area (Å²) in [6, 6.07) is 12.9. The fourth-order valence-corrected chi connectivity index (χ4v) is 1.83. The lowest BCUT2D eigenvalue weighted by Gasteiger charge is -2.10. The zero-order valence-electron chi connectivity index (χ0n) is 10.9. The molecule has 0 heterocycles. The van der Waals surface area contributed by atoms with E-state index in [2.05, 4.69) is 5.32 Å². The maximum Gasteiger partial charge on any atom is 0.161 e. The van der Waals surface area contributed by atoms with Crippen molar-refractivity contribution in [3.8, 4) is 5.75 Å². The first kappa shape index (κ1) is 13.0. The molecular weight excluding hydrogens is 240 g/mol. The highest BCUT2D eigenvalue weighted by Crippen LogP contribution is 2.24. The number of rotatable bonds is 4.